The third-order valence-electron chi connectivity index (χ3n) is 3.46. The highest BCUT2D eigenvalue weighted by molar-refractivity contribution is 7.14. The van der Waals surface area contributed by atoms with E-state index in [4.69, 9.17) is 10.00 Å². The first kappa shape index (κ1) is 16.7. The van der Waals surface area contributed by atoms with E-state index in [0.717, 1.165) is 17.0 Å². The molecule has 0 unspecified atom stereocenters. The molecular formula is C19H15N3O2S. The minimum atomic E-state index is -0.253. The normalized spacial score (nSPS) is 10.1. The number of ether oxygens (including phenoxy) is 1. The summed E-state index contributed by atoms with van der Waals surface area (Å²) < 4.78 is 5.43. The van der Waals surface area contributed by atoms with E-state index < -0.39 is 0 Å². The fourth-order valence-corrected chi connectivity index (χ4v) is 2.93. The van der Waals surface area contributed by atoms with Crippen LogP contribution in [-0.2, 0) is 0 Å². The van der Waals surface area contributed by atoms with Crippen molar-refractivity contribution < 1.29 is 9.53 Å². The molecule has 0 spiro atoms. The van der Waals surface area contributed by atoms with E-state index in [1.54, 1.807) is 24.3 Å². The van der Waals surface area contributed by atoms with Crippen molar-refractivity contribution in [3.8, 4) is 23.1 Å². The Morgan fingerprint density at radius 2 is 1.92 bits per heavy atom. The number of nitrogens with zero attached hydrogens (tertiary/aromatic N) is 2. The number of anilines is 1. The van der Waals surface area contributed by atoms with Crippen molar-refractivity contribution in [3.63, 3.8) is 0 Å². The summed E-state index contributed by atoms with van der Waals surface area (Å²) in [7, 11) is 0. The van der Waals surface area contributed by atoms with Gasteiger partial charge < -0.3 is 4.74 Å². The molecule has 0 aliphatic rings. The first-order chi connectivity index (χ1) is 12.2. The fraction of sp³-hybridized carbons (Fsp3) is 0.105. The van der Waals surface area contributed by atoms with Crippen LogP contribution >= 0.6 is 11.3 Å². The van der Waals surface area contributed by atoms with Crippen molar-refractivity contribution in [2.45, 2.75) is 6.92 Å². The molecule has 6 heteroatoms. The largest absolute Gasteiger partial charge is 0.494 e. The number of amides is 1. The molecule has 0 fully saturated rings. The van der Waals surface area contributed by atoms with Gasteiger partial charge in [0.15, 0.2) is 5.13 Å². The van der Waals surface area contributed by atoms with Gasteiger partial charge in [-0.2, -0.15) is 5.26 Å². The quantitative estimate of drug-likeness (QED) is 0.744. The third-order valence-corrected chi connectivity index (χ3v) is 4.22. The number of rotatable bonds is 5. The van der Waals surface area contributed by atoms with Gasteiger partial charge in [0.2, 0.25) is 0 Å². The van der Waals surface area contributed by atoms with E-state index in [2.05, 4.69) is 10.3 Å². The van der Waals surface area contributed by atoms with Crippen LogP contribution in [-0.4, -0.2) is 17.5 Å². The second-order valence-corrected chi connectivity index (χ2v) is 6.00. The van der Waals surface area contributed by atoms with E-state index in [1.807, 2.05) is 42.6 Å². The lowest BCUT2D eigenvalue weighted by Crippen LogP contribution is -2.11. The zero-order valence-corrected chi connectivity index (χ0v) is 14.3. The van der Waals surface area contributed by atoms with Crippen LogP contribution in [0.3, 0.4) is 0 Å². The molecule has 0 saturated heterocycles. The minimum Gasteiger partial charge on any atom is -0.494 e. The van der Waals surface area contributed by atoms with Crippen molar-refractivity contribution in [1.29, 1.82) is 5.26 Å². The van der Waals surface area contributed by atoms with Gasteiger partial charge in [0.1, 0.15) is 5.75 Å². The van der Waals surface area contributed by atoms with Gasteiger partial charge in [0, 0.05) is 16.5 Å². The van der Waals surface area contributed by atoms with Crippen molar-refractivity contribution in [1.82, 2.24) is 4.98 Å². The molecule has 0 aliphatic carbocycles. The maximum Gasteiger partial charge on any atom is 0.257 e. The van der Waals surface area contributed by atoms with E-state index in [-0.39, 0.29) is 5.91 Å². The molecule has 25 heavy (non-hydrogen) atoms. The maximum absolute atomic E-state index is 12.2. The van der Waals surface area contributed by atoms with Crippen molar-refractivity contribution in [3.05, 3.63) is 65.0 Å². The Morgan fingerprint density at radius 3 is 2.56 bits per heavy atom. The summed E-state index contributed by atoms with van der Waals surface area (Å²) >= 11 is 1.36. The van der Waals surface area contributed by atoms with Gasteiger partial charge in [-0.1, -0.05) is 0 Å². The van der Waals surface area contributed by atoms with E-state index >= 15 is 0 Å². The molecule has 1 heterocycles. The summed E-state index contributed by atoms with van der Waals surface area (Å²) in [5.74, 6) is 0.563. The van der Waals surface area contributed by atoms with Crippen LogP contribution in [0, 0.1) is 11.3 Å². The molecule has 2 aromatic carbocycles. The van der Waals surface area contributed by atoms with Gasteiger partial charge in [0.25, 0.3) is 5.91 Å². The molecule has 1 aromatic heterocycles. The van der Waals surface area contributed by atoms with Gasteiger partial charge >= 0.3 is 0 Å². The summed E-state index contributed by atoms with van der Waals surface area (Å²) in [6.45, 7) is 2.57. The van der Waals surface area contributed by atoms with Crippen molar-refractivity contribution in [2.75, 3.05) is 11.9 Å². The van der Waals surface area contributed by atoms with Gasteiger partial charge in [-0.25, -0.2) is 4.98 Å². The van der Waals surface area contributed by atoms with Gasteiger partial charge in [-0.15, -0.1) is 11.3 Å². The number of aromatic nitrogens is 1. The number of hydrogen-bond acceptors (Lipinski definition) is 5. The number of benzene rings is 2. The highest BCUT2D eigenvalue weighted by Crippen LogP contribution is 2.26. The molecule has 0 bridgehead atoms. The minimum absolute atomic E-state index is 0.253. The molecule has 5 nitrogen and oxygen atoms in total. The molecule has 0 atom stereocenters. The summed E-state index contributed by atoms with van der Waals surface area (Å²) in [5.41, 5.74) is 2.75. The Kier molecular flexibility index (Phi) is 5.07. The van der Waals surface area contributed by atoms with Crippen LogP contribution in [0.4, 0.5) is 5.13 Å². The van der Waals surface area contributed by atoms with Crippen molar-refractivity contribution in [2.24, 2.45) is 0 Å². The Bertz CT molecular complexity index is 909. The standard InChI is InChI=1S/C19H15N3O2S/c1-2-24-16-9-7-14(8-10-16)17-12-25-19(21-17)22-18(23)15-5-3-13(11-20)4-6-15/h3-10,12H,2H2,1H3,(H,21,22,23). The van der Waals surface area contributed by atoms with Gasteiger partial charge in [-0.3, -0.25) is 10.1 Å². The average Bonchev–Trinajstić information content (AvgIpc) is 3.11. The Hall–Kier alpha value is -3.17. The van der Waals surface area contributed by atoms with E-state index in [1.165, 1.54) is 11.3 Å². The van der Waals surface area contributed by atoms with Crippen LogP contribution < -0.4 is 10.1 Å². The fourth-order valence-electron chi connectivity index (χ4n) is 2.22. The Morgan fingerprint density at radius 1 is 1.20 bits per heavy atom. The number of hydrogen-bond donors (Lipinski definition) is 1. The topological polar surface area (TPSA) is 75.0 Å². The third kappa shape index (κ3) is 4.03. The SMILES string of the molecule is CCOc1ccc(-c2csc(NC(=O)c3ccc(C#N)cc3)n2)cc1. The maximum atomic E-state index is 12.2. The summed E-state index contributed by atoms with van der Waals surface area (Å²) in [5, 5.41) is 14.0. The number of carbonyl (C=O) groups excluding carboxylic acids is 1. The lowest BCUT2D eigenvalue weighted by atomic mass is 10.1. The van der Waals surface area contributed by atoms with Crippen LogP contribution in [0.1, 0.15) is 22.8 Å². The van der Waals surface area contributed by atoms with Crippen LogP contribution in [0.15, 0.2) is 53.9 Å². The molecule has 3 aromatic rings. The number of nitriles is 1. The predicted molar refractivity (Wildman–Crippen MR) is 97.8 cm³/mol. The molecule has 1 N–H and O–H groups in total. The van der Waals surface area contributed by atoms with Crippen LogP contribution in [0.5, 0.6) is 5.75 Å². The van der Waals surface area contributed by atoms with E-state index in [0.29, 0.717) is 22.9 Å². The molecule has 124 valence electrons. The highest BCUT2D eigenvalue weighted by atomic mass is 32.1. The van der Waals surface area contributed by atoms with Crippen LogP contribution in [0.25, 0.3) is 11.3 Å². The monoisotopic (exact) mass is 349 g/mol. The zero-order chi connectivity index (χ0) is 17.6. The summed E-state index contributed by atoms with van der Waals surface area (Å²) in [4.78, 5) is 16.7. The second kappa shape index (κ2) is 7.60. The second-order valence-electron chi connectivity index (χ2n) is 5.14. The molecule has 0 saturated carbocycles. The Balaban J connectivity index is 1.70. The lowest BCUT2D eigenvalue weighted by molar-refractivity contribution is 0.102. The van der Waals surface area contributed by atoms with Crippen LogP contribution in [0.2, 0.25) is 0 Å². The van der Waals surface area contributed by atoms with E-state index in [9.17, 15) is 4.79 Å². The number of nitrogens with one attached hydrogen (secondary N) is 1. The van der Waals surface area contributed by atoms with Crippen molar-refractivity contribution >= 4 is 22.4 Å². The smallest absolute Gasteiger partial charge is 0.257 e. The molecule has 0 aliphatic heterocycles. The van der Waals surface area contributed by atoms with Gasteiger partial charge in [0.05, 0.1) is 23.9 Å². The molecular weight excluding hydrogens is 334 g/mol. The first-order valence-electron chi connectivity index (χ1n) is 7.70. The predicted octanol–water partition coefficient (Wildman–Crippen LogP) is 4.33. The zero-order valence-electron chi connectivity index (χ0n) is 13.5. The number of thiazole rings is 1. The number of carbonyl (C=O) groups is 1. The molecule has 0 radical (unpaired) electrons. The summed E-state index contributed by atoms with van der Waals surface area (Å²) in [6.07, 6.45) is 0. The Labute approximate surface area is 149 Å². The average molecular weight is 349 g/mol. The summed E-state index contributed by atoms with van der Waals surface area (Å²) in [6, 6.07) is 16.2. The molecule has 1 amide bonds. The lowest BCUT2D eigenvalue weighted by Gasteiger charge is -2.03. The highest BCUT2D eigenvalue weighted by Gasteiger charge is 2.10. The first-order valence-corrected chi connectivity index (χ1v) is 8.58. The molecule has 3 rings (SSSR count). The van der Waals surface area contributed by atoms with Gasteiger partial charge in [-0.05, 0) is 55.5 Å².